The number of hydrogen-bond donors (Lipinski definition) is 1. The van der Waals surface area contributed by atoms with Crippen molar-refractivity contribution in [1.29, 1.82) is 0 Å². The maximum atomic E-state index is 13.3. The van der Waals surface area contributed by atoms with Crippen LogP contribution in [0.3, 0.4) is 0 Å². The molecule has 18 heavy (non-hydrogen) atoms. The van der Waals surface area contributed by atoms with Crippen molar-refractivity contribution in [3.8, 4) is 5.75 Å². The molecule has 1 rings (SSSR count). The number of benzene rings is 1. The van der Waals surface area contributed by atoms with Gasteiger partial charge in [-0.25, -0.2) is 8.78 Å². The van der Waals surface area contributed by atoms with Crippen LogP contribution >= 0.6 is 0 Å². The van der Waals surface area contributed by atoms with E-state index in [1.54, 1.807) is 7.11 Å². The lowest BCUT2D eigenvalue weighted by Crippen LogP contribution is -2.07. The fourth-order valence-corrected chi connectivity index (χ4v) is 1.24. The van der Waals surface area contributed by atoms with E-state index in [-0.39, 0.29) is 18.0 Å². The van der Waals surface area contributed by atoms with Gasteiger partial charge in [0.15, 0.2) is 11.6 Å². The molecule has 1 aromatic rings. The number of hydrogen-bond acceptors (Lipinski definition) is 4. The topological polar surface area (TPSA) is 53.7 Å². The van der Waals surface area contributed by atoms with Crippen LogP contribution in [0.1, 0.15) is 6.42 Å². The summed E-state index contributed by atoms with van der Waals surface area (Å²) in [4.78, 5) is 0. The predicted octanol–water partition coefficient (Wildman–Crippen LogP) is 1.98. The first-order valence-electron chi connectivity index (χ1n) is 5.59. The van der Waals surface area contributed by atoms with Gasteiger partial charge in [0.25, 0.3) is 0 Å². The summed E-state index contributed by atoms with van der Waals surface area (Å²) in [5.74, 6) is -1.50. The first-order chi connectivity index (χ1) is 8.65. The molecular weight excluding hydrogens is 244 g/mol. The molecule has 102 valence electrons. The van der Waals surface area contributed by atoms with Gasteiger partial charge in [-0.05, 0) is 0 Å². The number of halogens is 2. The summed E-state index contributed by atoms with van der Waals surface area (Å²) in [6, 6.07) is 1.84. The second-order valence-electron chi connectivity index (χ2n) is 3.61. The van der Waals surface area contributed by atoms with E-state index in [0.717, 1.165) is 12.1 Å². The smallest absolute Gasteiger partial charge is 0.167 e. The normalized spacial score (nSPS) is 10.6. The SMILES string of the molecule is COCCOCCCOc1cc(F)c(N)cc1F. The highest BCUT2D eigenvalue weighted by atomic mass is 19.1. The molecule has 0 heterocycles. The van der Waals surface area contributed by atoms with Crippen molar-refractivity contribution >= 4 is 5.69 Å². The molecule has 4 nitrogen and oxygen atoms in total. The molecule has 0 aliphatic heterocycles. The minimum absolute atomic E-state index is 0.140. The van der Waals surface area contributed by atoms with Gasteiger partial charge in [0.2, 0.25) is 0 Å². The van der Waals surface area contributed by atoms with E-state index in [1.165, 1.54) is 0 Å². The van der Waals surface area contributed by atoms with Gasteiger partial charge in [-0.3, -0.25) is 0 Å². The fraction of sp³-hybridized carbons (Fsp3) is 0.500. The molecule has 0 bridgehead atoms. The third-order valence-electron chi connectivity index (χ3n) is 2.17. The Morgan fingerprint density at radius 3 is 2.56 bits per heavy atom. The summed E-state index contributed by atoms with van der Waals surface area (Å²) in [6.45, 7) is 1.75. The minimum atomic E-state index is -0.692. The van der Waals surface area contributed by atoms with Crippen molar-refractivity contribution in [2.45, 2.75) is 6.42 Å². The highest BCUT2D eigenvalue weighted by Gasteiger charge is 2.08. The molecule has 0 saturated carbocycles. The lowest BCUT2D eigenvalue weighted by atomic mass is 10.3. The van der Waals surface area contributed by atoms with Crippen molar-refractivity contribution in [2.24, 2.45) is 0 Å². The van der Waals surface area contributed by atoms with Crippen LogP contribution in [0.15, 0.2) is 12.1 Å². The highest BCUT2D eigenvalue weighted by molar-refractivity contribution is 5.44. The molecule has 2 N–H and O–H groups in total. The first-order valence-corrected chi connectivity index (χ1v) is 5.59. The number of anilines is 1. The Kier molecular flexibility index (Phi) is 6.38. The third-order valence-corrected chi connectivity index (χ3v) is 2.17. The Bertz CT molecular complexity index is 375. The van der Waals surface area contributed by atoms with E-state index >= 15 is 0 Å². The average Bonchev–Trinajstić information content (AvgIpc) is 2.34. The monoisotopic (exact) mass is 261 g/mol. The quantitative estimate of drug-likeness (QED) is 0.574. The maximum Gasteiger partial charge on any atom is 0.167 e. The van der Waals surface area contributed by atoms with Gasteiger partial charge in [0.1, 0.15) is 5.82 Å². The summed E-state index contributed by atoms with van der Waals surface area (Å²) >= 11 is 0. The van der Waals surface area contributed by atoms with Gasteiger partial charge in [-0.2, -0.15) is 0 Å². The van der Waals surface area contributed by atoms with Crippen LogP contribution in [0.5, 0.6) is 5.75 Å². The molecule has 0 atom stereocenters. The Hall–Kier alpha value is -1.40. The van der Waals surface area contributed by atoms with Crippen LogP contribution in [-0.4, -0.2) is 33.5 Å². The summed E-state index contributed by atoms with van der Waals surface area (Å²) in [6.07, 6.45) is 0.579. The second-order valence-corrected chi connectivity index (χ2v) is 3.61. The largest absolute Gasteiger partial charge is 0.490 e. The maximum absolute atomic E-state index is 13.3. The molecule has 0 aromatic heterocycles. The number of rotatable bonds is 8. The van der Waals surface area contributed by atoms with Crippen molar-refractivity contribution in [3.05, 3.63) is 23.8 Å². The molecule has 0 amide bonds. The molecule has 0 fully saturated rings. The molecule has 0 radical (unpaired) electrons. The minimum Gasteiger partial charge on any atom is -0.490 e. The molecule has 0 unspecified atom stereocenters. The molecule has 6 heteroatoms. The fourth-order valence-electron chi connectivity index (χ4n) is 1.24. The van der Waals surface area contributed by atoms with Crippen LogP contribution in [0.2, 0.25) is 0 Å². The third kappa shape index (κ3) is 4.85. The highest BCUT2D eigenvalue weighted by Crippen LogP contribution is 2.22. The zero-order chi connectivity index (χ0) is 13.4. The van der Waals surface area contributed by atoms with Crippen molar-refractivity contribution in [1.82, 2.24) is 0 Å². The van der Waals surface area contributed by atoms with Crippen LogP contribution in [0.25, 0.3) is 0 Å². The van der Waals surface area contributed by atoms with Crippen molar-refractivity contribution in [2.75, 3.05) is 39.3 Å². The van der Waals surface area contributed by atoms with E-state index < -0.39 is 11.6 Å². The van der Waals surface area contributed by atoms with Crippen LogP contribution < -0.4 is 10.5 Å². The van der Waals surface area contributed by atoms with Crippen LogP contribution in [-0.2, 0) is 9.47 Å². The van der Waals surface area contributed by atoms with Crippen LogP contribution in [0, 0.1) is 11.6 Å². The molecular formula is C12H17F2NO3. The number of nitrogens with two attached hydrogens (primary N) is 1. The van der Waals surface area contributed by atoms with Gasteiger partial charge in [-0.1, -0.05) is 0 Å². The number of methoxy groups -OCH3 is 1. The molecule has 0 aliphatic rings. The van der Waals surface area contributed by atoms with Gasteiger partial charge < -0.3 is 19.9 Å². The second kappa shape index (κ2) is 7.84. The number of ether oxygens (including phenoxy) is 3. The molecule has 0 saturated heterocycles. The van der Waals surface area contributed by atoms with Gasteiger partial charge in [0, 0.05) is 32.3 Å². The average molecular weight is 261 g/mol. The van der Waals surface area contributed by atoms with E-state index in [2.05, 4.69) is 0 Å². The predicted molar refractivity (Wildman–Crippen MR) is 63.6 cm³/mol. The first kappa shape index (κ1) is 14.7. The van der Waals surface area contributed by atoms with E-state index in [4.69, 9.17) is 19.9 Å². The van der Waals surface area contributed by atoms with Gasteiger partial charge in [-0.15, -0.1) is 0 Å². The van der Waals surface area contributed by atoms with E-state index in [1.807, 2.05) is 0 Å². The summed E-state index contributed by atoms with van der Waals surface area (Å²) in [5, 5.41) is 0. The summed E-state index contributed by atoms with van der Waals surface area (Å²) in [5.41, 5.74) is 4.98. The van der Waals surface area contributed by atoms with Crippen molar-refractivity contribution in [3.63, 3.8) is 0 Å². The molecule has 0 aliphatic carbocycles. The standard InChI is InChI=1S/C12H17F2NO3/c1-16-5-6-17-3-2-4-18-12-8-9(13)11(15)7-10(12)14/h7-8H,2-6,15H2,1H3. The Morgan fingerprint density at radius 2 is 1.83 bits per heavy atom. The zero-order valence-electron chi connectivity index (χ0n) is 10.2. The summed E-state index contributed by atoms with van der Waals surface area (Å²) in [7, 11) is 1.59. The lowest BCUT2D eigenvalue weighted by Gasteiger charge is -2.08. The van der Waals surface area contributed by atoms with E-state index in [0.29, 0.717) is 26.2 Å². The van der Waals surface area contributed by atoms with Crippen LogP contribution in [0.4, 0.5) is 14.5 Å². The van der Waals surface area contributed by atoms with Gasteiger partial charge in [0.05, 0.1) is 25.5 Å². The lowest BCUT2D eigenvalue weighted by molar-refractivity contribution is 0.0642. The zero-order valence-corrected chi connectivity index (χ0v) is 10.2. The van der Waals surface area contributed by atoms with Crippen molar-refractivity contribution < 1.29 is 23.0 Å². The van der Waals surface area contributed by atoms with Gasteiger partial charge >= 0.3 is 0 Å². The van der Waals surface area contributed by atoms with E-state index in [9.17, 15) is 8.78 Å². The summed E-state index contributed by atoms with van der Waals surface area (Å²) < 4.78 is 41.4. The Labute approximate surface area is 105 Å². The Balaban J connectivity index is 2.25. The number of nitrogen functional groups attached to an aromatic ring is 1. The molecule has 1 aromatic carbocycles. The molecule has 0 spiro atoms. The Morgan fingerprint density at radius 1 is 1.06 bits per heavy atom.